The minimum absolute atomic E-state index is 0.00981. The molecule has 6 heteroatoms. The van der Waals surface area contributed by atoms with Gasteiger partial charge in [-0.15, -0.1) is 0 Å². The molecule has 3 nitrogen and oxygen atoms in total. The summed E-state index contributed by atoms with van der Waals surface area (Å²) >= 11 is 0. The van der Waals surface area contributed by atoms with Gasteiger partial charge in [0.2, 0.25) is 0 Å². The van der Waals surface area contributed by atoms with Crippen LogP contribution in [0.5, 0.6) is 0 Å². The van der Waals surface area contributed by atoms with Crippen molar-refractivity contribution in [3.05, 3.63) is 70.8 Å². The molecule has 3 fully saturated rings. The Hall–Kier alpha value is -1.47. The summed E-state index contributed by atoms with van der Waals surface area (Å²) in [6, 6.07) is 8.74. The van der Waals surface area contributed by atoms with E-state index in [1.54, 1.807) is 5.57 Å². The first kappa shape index (κ1) is 44.2. The van der Waals surface area contributed by atoms with Crippen LogP contribution in [-0.2, 0) is 18.9 Å². The average molecular weight is 775 g/mol. The van der Waals surface area contributed by atoms with Crippen LogP contribution < -0.4 is 0 Å². The molecule has 0 radical (unpaired) electrons. The number of rotatable bonds is 9. The van der Waals surface area contributed by atoms with E-state index in [9.17, 15) is 0 Å². The van der Waals surface area contributed by atoms with Crippen LogP contribution in [0.4, 0.5) is 0 Å². The van der Waals surface area contributed by atoms with Crippen LogP contribution in [0.25, 0.3) is 0 Å². The highest BCUT2D eigenvalue weighted by molar-refractivity contribution is 6.74. The van der Waals surface area contributed by atoms with E-state index in [-0.39, 0.29) is 33.3 Å². The van der Waals surface area contributed by atoms with Crippen molar-refractivity contribution in [3.8, 4) is 11.8 Å². The van der Waals surface area contributed by atoms with Crippen LogP contribution >= 0.6 is 0 Å². The Bertz CT molecular complexity index is 1600. The highest BCUT2D eigenvalue weighted by Crippen LogP contribution is 2.59. The molecule has 3 aliphatic rings. The zero-order chi connectivity index (χ0) is 40.0. The lowest BCUT2D eigenvalue weighted by Gasteiger charge is -2.45. The zero-order valence-electron chi connectivity index (χ0n) is 37.2. The van der Waals surface area contributed by atoms with Crippen LogP contribution in [0, 0.1) is 35.0 Å². The van der Waals surface area contributed by atoms with Gasteiger partial charge in [-0.1, -0.05) is 104 Å². The molecule has 1 aromatic rings. The normalized spacial score (nSPS) is 28.5. The van der Waals surface area contributed by atoms with E-state index in [0.717, 1.165) is 18.4 Å². The van der Waals surface area contributed by atoms with Crippen molar-refractivity contribution >= 4 is 25.0 Å². The van der Waals surface area contributed by atoms with Crippen molar-refractivity contribution < 1.29 is 13.3 Å². The molecule has 53 heavy (non-hydrogen) atoms. The molecular weight excluding hydrogens is 697 g/mol. The Labute approximate surface area is 330 Å². The van der Waals surface area contributed by atoms with Crippen molar-refractivity contribution in [1.82, 2.24) is 0 Å². The topological polar surface area (TPSA) is 27.7 Å². The molecule has 0 unspecified atom stereocenters. The zero-order valence-corrected chi connectivity index (χ0v) is 40.2. The van der Waals surface area contributed by atoms with Gasteiger partial charge < -0.3 is 13.3 Å². The minimum atomic E-state index is -2.00. The summed E-state index contributed by atoms with van der Waals surface area (Å²) in [5.74, 6) is 8.91. The van der Waals surface area contributed by atoms with E-state index < -0.39 is 25.0 Å². The Morgan fingerprint density at radius 1 is 0.887 bits per heavy atom. The Morgan fingerprint density at radius 2 is 1.51 bits per heavy atom. The minimum Gasteiger partial charge on any atom is -0.413 e. The monoisotopic (exact) mass is 775 g/mol. The molecule has 0 aromatic heterocycles. The molecule has 296 valence electrons. The molecule has 0 aliphatic heterocycles. The smallest absolute Gasteiger partial charge is 0.192 e. The molecule has 4 rings (SSSR count). The SMILES string of the molecule is C=C1C(=CC=C2CCC[C@]3(C)[C@@H]([C@@H](C)C#Cc4cccc(C(C)(C)O[Si](C)(C)C)c4)CC[C@@H]23)C[C@@H](O[Si](C)(C)C(C)(C)C)C[C@@H]1O[Si](C)(C)C(C)(C)C. The first-order chi connectivity index (χ1) is 24.1. The molecule has 3 aliphatic carbocycles. The van der Waals surface area contributed by atoms with Crippen LogP contribution in [0.2, 0.25) is 55.9 Å². The second-order valence-corrected chi connectivity index (χ2v) is 35.7. The van der Waals surface area contributed by atoms with Crippen molar-refractivity contribution in [2.75, 3.05) is 0 Å². The molecule has 0 N–H and O–H groups in total. The summed E-state index contributed by atoms with van der Waals surface area (Å²) in [6.45, 7) is 44.4. The van der Waals surface area contributed by atoms with Gasteiger partial charge in [-0.05, 0) is 154 Å². The molecule has 0 saturated heterocycles. The van der Waals surface area contributed by atoms with Crippen molar-refractivity contribution in [2.45, 2.75) is 188 Å². The summed E-state index contributed by atoms with van der Waals surface area (Å²) in [5, 5.41) is 0.308. The number of hydrogen-bond acceptors (Lipinski definition) is 3. The van der Waals surface area contributed by atoms with E-state index in [4.69, 9.17) is 19.9 Å². The quantitative estimate of drug-likeness (QED) is 0.185. The second-order valence-electron chi connectivity index (χ2n) is 21.7. The van der Waals surface area contributed by atoms with Gasteiger partial charge in [-0.3, -0.25) is 0 Å². The standard InChI is InChI=1S/C47H78O3Si3/c1-34(24-25-36-21-19-23-39(31-36)46(9,10)50-51(12,13)14)41-28-29-42-37(22-20-30-47(41,42)11)26-27-38-32-40(48-52(15,16)44(3,4)5)33-43(35(38)2)49-53(17,18)45(6,7)8/h19,21,23,26-27,31,34,40-43H,2,20,22,28-30,32-33H2,1,3-18H3/t34-,40+,41+,42-,43-,47+/m0/s1. The number of hydrogen-bond donors (Lipinski definition) is 0. The predicted octanol–water partition coefficient (Wildman–Crippen LogP) is 14.0. The Morgan fingerprint density at radius 3 is 2.11 bits per heavy atom. The summed E-state index contributed by atoms with van der Waals surface area (Å²) in [7, 11) is -5.64. The maximum absolute atomic E-state index is 7.13. The fourth-order valence-corrected chi connectivity index (χ4v) is 13.3. The lowest BCUT2D eigenvalue weighted by Crippen LogP contribution is -2.49. The van der Waals surface area contributed by atoms with E-state index >= 15 is 0 Å². The van der Waals surface area contributed by atoms with Gasteiger partial charge in [0, 0.05) is 17.9 Å². The van der Waals surface area contributed by atoms with E-state index in [1.165, 1.54) is 48.8 Å². The largest absolute Gasteiger partial charge is 0.413 e. The third kappa shape index (κ3) is 10.5. The van der Waals surface area contributed by atoms with E-state index in [1.807, 2.05) is 0 Å². The summed E-state index contributed by atoms with van der Waals surface area (Å²) < 4.78 is 20.8. The van der Waals surface area contributed by atoms with Gasteiger partial charge >= 0.3 is 0 Å². The lowest BCUT2D eigenvalue weighted by atomic mass is 9.61. The van der Waals surface area contributed by atoms with Crippen LogP contribution in [0.1, 0.15) is 125 Å². The van der Waals surface area contributed by atoms with Crippen LogP contribution in [-0.4, -0.2) is 37.2 Å². The Balaban J connectivity index is 1.57. The highest BCUT2D eigenvalue weighted by atomic mass is 28.4. The van der Waals surface area contributed by atoms with Gasteiger partial charge in [0.25, 0.3) is 0 Å². The fourth-order valence-electron chi connectivity index (χ4n) is 8.96. The summed E-state index contributed by atoms with van der Waals surface area (Å²) in [6.07, 6.45) is 13.2. The first-order valence-corrected chi connectivity index (χ1v) is 30.1. The Kier molecular flexibility index (Phi) is 13.2. The fraction of sp³-hybridized carbons (Fsp3) is 0.702. The van der Waals surface area contributed by atoms with Gasteiger partial charge in [0.1, 0.15) is 0 Å². The predicted molar refractivity (Wildman–Crippen MR) is 237 cm³/mol. The van der Waals surface area contributed by atoms with Gasteiger partial charge in [-0.2, -0.15) is 0 Å². The second kappa shape index (κ2) is 15.8. The lowest BCUT2D eigenvalue weighted by molar-refractivity contribution is 0.0968. The van der Waals surface area contributed by atoms with Crippen LogP contribution in [0.3, 0.4) is 0 Å². The van der Waals surface area contributed by atoms with Gasteiger partial charge in [0.15, 0.2) is 25.0 Å². The highest BCUT2D eigenvalue weighted by Gasteiger charge is 2.51. The summed E-state index contributed by atoms with van der Waals surface area (Å²) in [4.78, 5) is 0. The van der Waals surface area contributed by atoms with Gasteiger partial charge in [-0.25, -0.2) is 0 Å². The molecule has 0 spiro atoms. The number of fused-ring (bicyclic) bond motifs is 1. The van der Waals surface area contributed by atoms with Gasteiger partial charge in [0.05, 0.1) is 17.8 Å². The third-order valence-corrected chi connectivity index (χ3v) is 24.1. The van der Waals surface area contributed by atoms with E-state index in [2.05, 4.69) is 163 Å². The molecule has 1 aromatic carbocycles. The van der Waals surface area contributed by atoms with Crippen molar-refractivity contribution in [1.29, 1.82) is 0 Å². The van der Waals surface area contributed by atoms with Crippen molar-refractivity contribution in [2.24, 2.45) is 23.2 Å². The molecular formula is C47H78O3Si3. The van der Waals surface area contributed by atoms with Crippen LogP contribution in [0.15, 0.2) is 59.7 Å². The third-order valence-electron chi connectivity index (χ3n) is 13.9. The molecule has 0 amide bonds. The maximum atomic E-state index is 7.13. The number of allylic oxidation sites excluding steroid dienone is 3. The molecule has 0 bridgehead atoms. The number of benzene rings is 1. The van der Waals surface area contributed by atoms with E-state index in [0.29, 0.717) is 17.8 Å². The summed E-state index contributed by atoms with van der Waals surface area (Å²) in [5.41, 5.74) is 6.40. The average Bonchev–Trinajstić information content (AvgIpc) is 3.36. The van der Waals surface area contributed by atoms with Crippen molar-refractivity contribution in [3.63, 3.8) is 0 Å². The maximum Gasteiger partial charge on any atom is 0.192 e. The molecule has 3 saturated carbocycles. The molecule has 6 atom stereocenters. The molecule has 0 heterocycles. The first-order valence-electron chi connectivity index (χ1n) is 20.8.